The normalized spacial score (nSPS) is 14.1. The second-order valence-electron chi connectivity index (χ2n) is 7.53. The molecular formula is C23H23N5O4. The van der Waals surface area contributed by atoms with Gasteiger partial charge in [-0.3, -0.25) is 19.7 Å². The largest absolute Gasteiger partial charge is 0.465 e. The number of likely N-dealkylation sites (tertiary alicyclic amines) is 1. The van der Waals surface area contributed by atoms with Crippen LogP contribution in [-0.4, -0.2) is 58.1 Å². The van der Waals surface area contributed by atoms with Gasteiger partial charge in [0.15, 0.2) is 0 Å². The Kier molecular flexibility index (Phi) is 6.25. The van der Waals surface area contributed by atoms with Crippen LogP contribution in [-0.2, 0) is 9.53 Å². The highest BCUT2D eigenvalue weighted by Gasteiger charge is 2.28. The fourth-order valence-electron chi connectivity index (χ4n) is 3.67. The first-order valence-electron chi connectivity index (χ1n) is 10.3. The predicted octanol–water partition coefficient (Wildman–Crippen LogP) is 2.75. The fraction of sp³-hybridized carbons (Fsp3) is 0.261. The number of pyridine rings is 1. The van der Waals surface area contributed by atoms with E-state index in [4.69, 9.17) is 0 Å². The molecule has 1 saturated heterocycles. The van der Waals surface area contributed by atoms with Gasteiger partial charge in [-0.2, -0.15) is 5.10 Å². The van der Waals surface area contributed by atoms with E-state index in [9.17, 15) is 14.4 Å². The molecule has 9 heteroatoms. The van der Waals surface area contributed by atoms with Crippen molar-refractivity contribution in [3.63, 3.8) is 0 Å². The standard InChI is InChI=1S/C23H23N5O4/c1-32-23(31)17-2-4-18(5-3-17)25-21(29)16-8-12-28(13-9-16)22(30)20-14-19(26-27-20)15-6-10-24-11-7-15/h2-7,10-11,14,16H,8-9,12-13H2,1H3,(H,25,29)(H,26,27). The van der Waals surface area contributed by atoms with E-state index >= 15 is 0 Å². The highest BCUT2D eigenvalue weighted by atomic mass is 16.5. The Morgan fingerprint density at radius 2 is 1.75 bits per heavy atom. The van der Waals surface area contributed by atoms with Gasteiger partial charge >= 0.3 is 5.97 Å². The van der Waals surface area contributed by atoms with E-state index in [-0.39, 0.29) is 17.7 Å². The van der Waals surface area contributed by atoms with E-state index in [0.29, 0.717) is 48.6 Å². The molecule has 3 aromatic rings. The summed E-state index contributed by atoms with van der Waals surface area (Å²) in [4.78, 5) is 42.7. The maximum Gasteiger partial charge on any atom is 0.337 e. The van der Waals surface area contributed by atoms with Gasteiger partial charge in [0.25, 0.3) is 5.91 Å². The Morgan fingerprint density at radius 3 is 2.41 bits per heavy atom. The van der Waals surface area contributed by atoms with Gasteiger partial charge < -0.3 is 15.0 Å². The lowest BCUT2D eigenvalue weighted by Crippen LogP contribution is -2.41. The van der Waals surface area contributed by atoms with Crippen molar-refractivity contribution in [2.45, 2.75) is 12.8 Å². The molecule has 1 aliphatic heterocycles. The maximum atomic E-state index is 12.8. The number of carbonyl (C=O) groups is 3. The maximum absolute atomic E-state index is 12.8. The summed E-state index contributed by atoms with van der Waals surface area (Å²) in [6.45, 7) is 0.976. The van der Waals surface area contributed by atoms with E-state index in [1.54, 1.807) is 47.6 Å². The number of rotatable bonds is 5. The first kappa shape index (κ1) is 21.2. The fourth-order valence-corrected chi connectivity index (χ4v) is 3.67. The lowest BCUT2D eigenvalue weighted by atomic mass is 9.95. The number of hydrogen-bond donors (Lipinski definition) is 2. The van der Waals surface area contributed by atoms with Crippen LogP contribution in [0.5, 0.6) is 0 Å². The van der Waals surface area contributed by atoms with Gasteiger partial charge in [0.2, 0.25) is 5.91 Å². The van der Waals surface area contributed by atoms with E-state index in [0.717, 1.165) is 5.56 Å². The molecule has 2 N–H and O–H groups in total. The quantitative estimate of drug-likeness (QED) is 0.598. The average molecular weight is 433 g/mol. The molecule has 0 aliphatic carbocycles. The van der Waals surface area contributed by atoms with Crippen LogP contribution in [0.2, 0.25) is 0 Å². The van der Waals surface area contributed by atoms with Crippen LogP contribution < -0.4 is 5.32 Å². The number of carbonyl (C=O) groups excluding carboxylic acids is 3. The molecule has 0 saturated carbocycles. The number of benzene rings is 1. The summed E-state index contributed by atoms with van der Waals surface area (Å²) in [6.07, 6.45) is 4.50. The van der Waals surface area contributed by atoms with E-state index in [1.165, 1.54) is 7.11 Å². The summed E-state index contributed by atoms with van der Waals surface area (Å²) in [5.41, 5.74) is 3.02. The highest BCUT2D eigenvalue weighted by Crippen LogP contribution is 2.22. The van der Waals surface area contributed by atoms with E-state index in [1.807, 2.05) is 12.1 Å². The van der Waals surface area contributed by atoms with Gasteiger partial charge in [-0.25, -0.2) is 4.79 Å². The smallest absolute Gasteiger partial charge is 0.337 e. The molecule has 0 unspecified atom stereocenters. The molecule has 9 nitrogen and oxygen atoms in total. The third-order valence-electron chi connectivity index (χ3n) is 5.51. The summed E-state index contributed by atoms with van der Waals surface area (Å²) in [7, 11) is 1.32. The molecule has 0 radical (unpaired) electrons. The van der Waals surface area contributed by atoms with Gasteiger partial charge in [-0.1, -0.05) is 0 Å². The minimum Gasteiger partial charge on any atom is -0.465 e. The molecule has 3 heterocycles. The molecule has 1 fully saturated rings. The van der Waals surface area contributed by atoms with Crippen LogP contribution in [0.1, 0.15) is 33.7 Å². The van der Waals surface area contributed by atoms with E-state index < -0.39 is 5.97 Å². The van der Waals surface area contributed by atoms with Crippen molar-refractivity contribution in [3.8, 4) is 11.3 Å². The number of esters is 1. The van der Waals surface area contributed by atoms with Gasteiger partial charge in [0.05, 0.1) is 18.4 Å². The topological polar surface area (TPSA) is 117 Å². The molecule has 1 aromatic carbocycles. The summed E-state index contributed by atoms with van der Waals surface area (Å²) >= 11 is 0. The molecule has 2 aromatic heterocycles. The van der Waals surface area contributed by atoms with Crippen LogP contribution in [0.3, 0.4) is 0 Å². The third kappa shape index (κ3) is 4.66. The van der Waals surface area contributed by atoms with Crippen molar-refractivity contribution >= 4 is 23.5 Å². The SMILES string of the molecule is COC(=O)c1ccc(NC(=O)C2CCN(C(=O)c3cc(-c4ccncc4)n[nH]3)CC2)cc1. The Morgan fingerprint density at radius 1 is 1.06 bits per heavy atom. The van der Waals surface area contributed by atoms with Crippen molar-refractivity contribution in [3.05, 3.63) is 66.1 Å². The number of methoxy groups -OCH3 is 1. The third-order valence-corrected chi connectivity index (χ3v) is 5.51. The number of aromatic amines is 1. The Hall–Kier alpha value is -4.01. The molecule has 0 bridgehead atoms. The predicted molar refractivity (Wildman–Crippen MR) is 117 cm³/mol. The first-order chi connectivity index (χ1) is 15.5. The van der Waals surface area contributed by atoms with Gasteiger partial charge in [-0.05, 0) is 55.3 Å². The zero-order chi connectivity index (χ0) is 22.5. The summed E-state index contributed by atoms with van der Waals surface area (Å²) in [6, 6.07) is 11.9. The number of aromatic nitrogens is 3. The van der Waals surface area contributed by atoms with Crippen molar-refractivity contribution in [2.75, 3.05) is 25.5 Å². The summed E-state index contributed by atoms with van der Waals surface area (Å²) in [5, 5.41) is 9.91. The van der Waals surface area contributed by atoms with Crippen molar-refractivity contribution in [1.29, 1.82) is 0 Å². The molecule has 32 heavy (non-hydrogen) atoms. The second kappa shape index (κ2) is 9.42. The summed E-state index contributed by atoms with van der Waals surface area (Å²) < 4.78 is 4.67. The molecular weight excluding hydrogens is 410 g/mol. The van der Waals surface area contributed by atoms with Gasteiger partial charge in [-0.15, -0.1) is 0 Å². The minimum absolute atomic E-state index is 0.0931. The van der Waals surface area contributed by atoms with Gasteiger partial charge in [0.1, 0.15) is 5.69 Å². The highest BCUT2D eigenvalue weighted by molar-refractivity contribution is 5.95. The zero-order valence-electron chi connectivity index (χ0n) is 17.6. The molecule has 0 atom stereocenters. The average Bonchev–Trinajstić information content (AvgIpc) is 3.34. The first-order valence-corrected chi connectivity index (χ1v) is 10.3. The molecule has 164 valence electrons. The number of hydrogen-bond acceptors (Lipinski definition) is 6. The number of amides is 2. The van der Waals surface area contributed by atoms with Crippen LogP contribution in [0.15, 0.2) is 54.9 Å². The Bertz CT molecular complexity index is 1100. The number of piperidine rings is 1. The lowest BCUT2D eigenvalue weighted by Gasteiger charge is -2.31. The lowest BCUT2D eigenvalue weighted by molar-refractivity contribution is -0.121. The number of H-pyrrole nitrogens is 1. The Balaban J connectivity index is 1.31. The van der Waals surface area contributed by atoms with Crippen molar-refractivity contribution < 1.29 is 19.1 Å². The van der Waals surface area contributed by atoms with Crippen LogP contribution in [0.4, 0.5) is 5.69 Å². The molecule has 4 rings (SSSR count). The number of anilines is 1. The van der Waals surface area contributed by atoms with E-state index in [2.05, 4.69) is 25.2 Å². The zero-order valence-corrected chi connectivity index (χ0v) is 17.6. The van der Waals surface area contributed by atoms with Crippen molar-refractivity contribution in [2.24, 2.45) is 5.92 Å². The van der Waals surface area contributed by atoms with Crippen molar-refractivity contribution in [1.82, 2.24) is 20.1 Å². The molecule has 1 aliphatic rings. The number of ether oxygens (including phenoxy) is 1. The van der Waals surface area contributed by atoms with Gasteiger partial charge in [0, 0.05) is 42.7 Å². The second-order valence-corrected chi connectivity index (χ2v) is 7.53. The minimum atomic E-state index is -0.426. The monoisotopic (exact) mass is 433 g/mol. The Labute approximate surface area is 184 Å². The van der Waals surface area contributed by atoms with Crippen LogP contribution in [0, 0.1) is 5.92 Å². The van der Waals surface area contributed by atoms with Crippen LogP contribution in [0.25, 0.3) is 11.3 Å². The van der Waals surface area contributed by atoms with Crippen LogP contribution >= 0.6 is 0 Å². The number of nitrogens with one attached hydrogen (secondary N) is 2. The summed E-state index contributed by atoms with van der Waals surface area (Å²) in [5.74, 6) is -0.835. The number of nitrogens with zero attached hydrogens (tertiary/aromatic N) is 3. The molecule has 2 amide bonds. The molecule has 0 spiro atoms.